The maximum Gasteiger partial charge on any atom is 0.136 e. The number of rotatable bonds is 8. The summed E-state index contributed by atoms with van der Waals surface area (Å²) >= 11 is 0. The molecule has 0 N–H and O–H groups in total. The Morgan fingerprint density at radius 3 is 1.55 bits per heavy atom. The minimum atomic E-state index is 0.876. The Labute approximate surface area is 388 Å². The van der Waals surface area contributed by atoms with Crippen molar-refractivity contribution in [2.75, 3.05) is 4.90 Å². The summed E-state index contributed by atoms with van der Waals surface area (Å²) in [5.74, 6) is 0. The lowest BCUT2D eigenvalue weighted by molar-refractivity contribution is 0.669. The highest BCUT2D eigenvalue weighted by Crippen LogP contribution is 2.48. The topological polar surface area (TPSA) is 21.3 Å². The summed E-state index contributed by atoms with van der Waals surface area (Å²) in [6.07, 6.45) is 0. The van der Waals surface area contributed by atoms with E-state index in [0.717, 1.165) is 72.5 Å². The molecule has 13 aromatic rings. The minimum absolute atomic E-state index is 0.876. The average molecular weight is 855 g/mol. The Kier molecular flexibility index (Phi) is 9.17. The highest BCUT2D eigenvalue weighted by atomic mass is 16.3. The van der Waals surface area contributed by atoms with Crippen LogP contribution in [0.5, 0.6) is 0 Å². The van der Waals surface area contributed by atoms with Crippen LogP contribution >= 0.6 is 0 Å². The van der Waals surface area contributed by atoms with E-state index in [2.05, 4.69) is 258 Å². The summed E-state index contributed by atoms with van der Waals surface area (Å²) in [5.41, 5.74) is 17.8. The van der Waals surface area contributed by atoms with Crippen LogP contribution in [-0.4, -0.2) is 4.57 Å². The van der Waals surface area contributed by atoms with Crippen molar-refractivity contribution in [1.29, 1.82) is 0 Å². The third-order valence-corrected chi connectivity index (χ3v) is 13.4. The molecule has 0 aliphatic heterocycles. The lowest BCUT2D eigenvalue weighted by Gasteiger charge is -2.30. The summed E-state index contributed by atoms with van der Waals surface area (Å²) in [7, 11) is 0. The third-order valence-electron chi connectivity index (χ3n) is 13.4. The molecule has 0 aliphatic rings. The standard InChI is InChI=1S/C64H42N2O/c1-2-23-50-44(17-1)18-15-29-51(50)52-24-3-8-31-58(52)65(61-34-11-6-27-55(61)56-30-16-36-63-64(56)57-28-7-12-35-62(57)67-63)48-39-37-43(38-40-48)45-19-13-20-46(41-45)47-21-14-22-49(42-47)66-59-32-9-4-25-53(59)54-26-5-10-33-60(54)66/h1-42H. The molecule has 3 nitrogen and oxygen atoms in total. The van der Waals surface area contributed by atoms with E-state index in [1.54, 1.807) is 0 Å². The predicted molar refractivity (Wildman–Crippen MR) is 282 cm³/mol. The van der Waals surface area contributed by atoms with Crippen LogP contribution in [0.1, 0.15) is 0 Å². The van der Waals surface area contributed by atoms with Gasteiger partial charge in [-0.25, -0.2) is 0 Å². The highest BCUT2D eigenvalue weighted by molar-refractivity contribution is 6.14. The van der Waals surface area contributed by atoms with E-state index >= 15 is 0 Å². The van der Waals surface area contributed by atoms with Crippen LogP contribution in [0.15, 0.2) is 259 Å². The second-order valence-corrected chi connectivity index (χ2v) is 17.2. The SMILES string of the molecule is c1cc(-c2ccc(N(c3ccccc3-c3cccc4ccccc34)c3ccccc3-c3cccc4oc5ccccc5c34)cc2)cc(-c2cccc(-n3c4ccccc4c4ccccc43)c2)c1. The molecule has 13 rings (SSSR count). The monoisotopic (exact) mass is 854 g/mol. The van der Waals surface area contributed by atoms with Crippen LogP contribution in [0.25, 0.3) is 105 Å². The van der Waals surface area contributed by atoms with E-state index in [9.17, 15) is 0 Å². The van der Waals surface area contributed by atoms with Gasteiger partial charge in [-0.1, -0.05) is 188 Å². The van der Waals surface area contributed by atoms with Gasteiger partial charge in [0.2, 0.25) is 0 Å². The molecule has 67 heavy (non-hydrogen) atoms. The van der Waals surface area contributed by atoms with Gasteiger partial charge in [-0.05, 0) is 111 Å². The number of anilines is 3. The molecule has 0 fully saturated rings. The summed E-state index contributed by atoms with van der Waals surface area (Å²) in [6, 6.07) is 92.0. The summed E-state index contributed by atoms with van der Waals surface area (Å²) in [5, 5.41) is 7.18. The van der Waals surface area contributed by atoms with Crippen LogP contribution in [-0.2, 0) is 0 Å². The molecule has 0 spiro atoms. The van der Waals surface area contributed by atoms with E-state index in [-0.39, 0.29) is 0 Å². The van der Waals surface area contributed by atoms with Gasteiger partial charge in [-0.15, -0.1) is 0 Å². The molecule has 0 amide bonds. The molecule has 3 heteroatoms. The van der Waals surface area contributed by atoms with Crippen molar-refractivity contribution in [3.8, 4) is 50.2 Å². The number of hydrogen-bond acceptors (Lipinski definition) is 2. The van der Waals surface area contributed by atoms with Gasteiger partial charge in [0.1, 0.15) is 11.2 Å². The van der Waals surface area contributed by atoms with Crippen LogP contribution in [0.3, 0.4) is 0 Å². The molecule has 314 valence electrons. The molecule has 0 radical (unpaired) electrons. The zero-order chi connectivity index (χ0) is 44.3. The fourth-order valence-corrected chi connectivity index (χ4v) is 10.4. The Hall–Kier alpha value is -8.92. The molecule has 0 saturated heterocycles. The molecule has 0 saturated carbocycles. The molecule has 2 heterocycles. The highest BCUT2D eigenvalue weighted by Gasteiger charge is 2.23. The second-order valence-electron chi connectivity index (χ2n) is 17.2. The zero-order valence-corrected chi connectivity index (χ0v) is 36.6. The smallest absolute Gasteiger partial charge is 0.136 e. The van der Waals surface area contributed by atoms with Gasteiger partial charge in [0.15, 0.2) is 0 Å². The Bertz CT molecular complexity index is 3950. The maximum atomic E-state index is 6.43. The van der Waals surface area contributed by atoms with Gasteiger partial charge in [-0.3, -0.25) is 0 Å². The quantitative estimate of drug-likeness (QED) is 0.152. The normalized spacial score (nSPS) is 11.6. The summed E-state index contributed by atoms with van der Waals surface area (Å²) < 4.78 is 8.82. The largest absolute Gasteiger partial charge is 0.456 e. The lowest BCUT2D eigenvalue weighted by Crippen LogP contribution is -2.12. The molecule has 11 aromatic carbocycles. The van der Waals surface area contributed by atoms with E-state index in [4.69, 9.17) is 4.42 Å². The van der Waals surface area contributed by atoms with E-state index in [1.165, 1.54) is 49.3 Å². The van der Waals surface area contributed by atoms with E-state index in [0.29, 0.717) is 0 Å². The first-order chi connectivity index (χ1) is 33.2. The van der Waals surface area contributed by atoms with Crippen molar-refractivity contribution in [3.63, 3.8) is 0 Å². The average Bonchev–Trinajstić information content (AvgIpc) is 3.96. The molecular formula is C64H42N2O. The summed E-state index contributed by atoms with van der Waals surface area (Å²) in [4.78, 5) is 2.44. The number of nitrogens with zero attached hydrogens (tertiary/aromatic N) is 2. The van der Waals surface area contributed by atoms with Crippen LogP contribution < -0.4 is 4.90 Å². The first-order valence-corrected chi connectivity index (χ1v) is 22.9. The van der Waals surface area contributed by atoms with Gasteiger partial charge in [-0.2, -0.15) is 0 Å². The predicted octanol–water partition coefficient (Wildman–Crippen LogP) is 18.0. The van der Waals surface area contributed by atoms with Gasteiger partial charge >= 0.3 is 0 Å². The molecule has 0 atom stereocenters. The fourth-order valence-electron chi connectivity index (χ4n) is 10.4. The molecular weight excluding hydrogens is 813 g/mol. The first kappa shape index (κ1) is 38.5. The van der Waals surface area contributed by atoms with Crippen molar-refractivity contribution in [2.45, 2.75) is 0 Å². The van der Waals surface area contributed by atoms with Crippen molar-refractivity contribution < 1.29 is 4.42 Å². The van der Waals surface area contributed by atoms with Gasteiger partial charge in [0.25, 0.3) is 0 Å². The van der Waals surface area contributed by atoms with Gasteiger partial charge in [0, 0.05) is 44.0 Å². The van der Waals surface area contributed by atoms with Crippen LogP contribution in [0.2, 0.25) is 0 Å². The number of para-hydroxylation sites is 5. The minimum Gasteiger partial charge on any atom is -0.456 e. The van der Waals surface area contributed by atoms with Crippen LogP contribution in [0.4, 0.5) is 17.1 Å². The number of furan rings is 1. The zero-order valence-electron chi connectivity index (χ0n) is 36.6. The Morgan fingerprint density at radius 2 is 0.806 bits per heavy atom. The Morgan fingerprint density at radius 1 is 0.313 bits per heavy atom. The number of aromatic nitrogens is 1. The van der Waals surface area contributed by atoms with Crippen LogP contribution in [0, 0.1) is 0 Å². The molecule has 2 aromatic heterocycles. The molecule has 0 unspecified atom stereocenters. The summed E-state index contributed by atoms with van der Waals surface area (Å²) in [6.45, 7) is 0. The second kappa shape index (κ2) is 16.0. The first-order valence-electron chi connectivity index (χ1n) is 22.9. The Balaban J connectivity index is 0.941. The number of fused-ring (bicyclic) bond motifs is 7. The number of hydrogen-bond donors (Lipinski definition) is 0. The number of benzene rings is 11. The van der Waals surface area contributed by atoms with Gasteiger partial charge < -0.3 is 13.9 Å². The van der Waals surface area contributed by atoms with Crippen molar-refractivity contribution >= 4 is 71.6 Å². The van der Waals surface area contributed by atoms with Gasteiger partial charge in [0.05, 0.1) is 22.4 Å². The molecule has 0 aliphatic carbocycles. The lowest BCUT2D eigenvalue weighted by atomic mass is 9.94. The van der Waals surface area contributed by atoms with Crippen molar-refractivity contribution in [2.24, 2.45) is 0 Å². The van der Waals surface area contributed by atoms with Crippen molar-refractivity contribution in [1.82, 2.24) is 4.57 Å². The van der Waals surface area contributed by atoms with E-state index in [1.807, 2.05) is 6.07 Å². The van der Waals surface area contributed by atoms with Crippen molar-refractivity contribution in [3.05, 3.63) is 255 Å². The maximum absolute atomic E-state index is 6.43. The fraction of sp³-hybridized carbons (Fsp3) is 0. The third kappa shape index (κ3) is 6.51. The van der Waals surface area contributed by atoms with E-state index < -0.39 is 0 Å². The molecule has 0 bridgehead atoms.